The molecule has 7 heteroatoms. The highest BCUT2D eigenvalue weighted by atomic mass is 16.5. The van der Waals surface area contributed by atoms with Gasteiger partial charge in [0, 0.05) is 13.2 Å². The molecule has 7 nitrogen and oxygen atoms in total. The van der Waals surface area contributed by atoms with Crippen LogP contribution in [0.15, 0.2) is 5.16 Å². The van der Waals surface area contributed by atoms with Crippen molar-refractivity contribution in [3.8, 4) is 0 Å². The number of amidine groups is 1. The first kappa shape index (κ1) is 12.9. The Morgan fingerprint density at radius 1 is 1.44 bits per heavy atom. The van der Waals surface area contributed by atoms with E-state index in [1.54, 1.807) is 4.90 Å². The third-order valence-corrected chi connectivity index (χ3v) is 3.48. The maximum absolute atomic E-state index is 12.2. The van der Waals surface area contributed by atoms with Crippen LogP contribution in [0.1, 0.15) is 25.7 Å². The Kier molecular flexibility index (Phi) is 4.24. The van der Waals surface area contributed by atoms with E-state index in [9.17, 15) is 4.79 Å². The van der Waals surface area contributed by atoms with Gasteiger partial charge in [-0.15, -0.1) is 0 Å². The summed E-state index contributed by atoms with van der Waals surface area (Å²) in [4.78, 5) is 13.8. The minimum atomic E-state index is -0.300. The van der Waals surface area contributed by atoms with Gasteiger partial charge in [0.2, 0.25) is 0 Å². The highest BCUT2D eigenvalue weighted by Crippen LogP contribution is 2.17. The van der Waals surface area contributed by atoms with Gasteiger partial charge in [-0.1, -0.05) is 5.16 Å². The van der Waals surface area contributed by atoms with E-state index < -0.39 is 0 Å². The topological polar surface area (TPSA) is 100 Å². The van der Waals surface area contributed by atoms with Crippen molar-refractivity contribution in [3.63, 3.8) is 0 Å². The fourth-order valence-corrected chi connectivity index (χ4v) is 2.45. The number of piperidine rings is 1. The Balaban J connectivity index is 1.96. The number of ether oxygens (including phenoxy) is 1. The molecule has 4 N–H and O–H groups in total. The fourth-order valence-electron chi connectivity index (χ4n) is 2.45. The molecule has 2 saturated heterocycles. The molecule has 2 unspecified atom stereocenters. The van der Waals surface area contributed by atoms with E-state index in [1.165, 1.54) is 0 Å². The Morgan fingerprint density at radius 3 is 2.94 bits per heavy atom. The number of hydrogen-bond donors (Lipinski definition) is 3. The monoisotopic (exact) mass is 256 g/mol. The van der Waals surface area contributed by atoms with Crippen molar-refractivity contribution in [1.82, 2.24) is 10.2 Å². The fraction of sp³-hybridized carbons (Fsp3) is 0.818. The van der Waals surface area contributed by atoms with Crippen LogP contribution in [-0.4, -0.2) is 53.8 Å². The zero-order valence-electron chi connectivity index (χ0n) is 10.3. The first-order chi connectivity index (χ1) is 8.72. The molecule has 0 radical (unpaired) electrons. The number of carbonyl (C=O) groups is 1. The number of urea groups is 1. The number of amides is 2. The van der Waals surface area contributed by atoms with Gasteiger partial charge in [0.05, 0.1) is 18.7 Å². The van der Waals surface area contributed by atoms with E-state index in [0.717, 1.165) is 25.7 Å². The molecule has 2 aliphatic rings. The van der Waals surface area contributed by atoms with Gasteiger partial charge in [0.15, 0.2) is 5.84 Å². The standard InChI is InChI=1S/C11H20N4O3/c12-10(14-17)9-3-1-2-5-15(9)11(16)13-8-4-6-18-7-8/h8-9,17H,1-7H2,(H2,12,14)(H,13,16). The van der Waals surface area contributed by atoms with Crippen LogP contribution in [-0.2, 0) is 4.74 Å². The average Bonchev–Trinajstić information content (AvgIpc) is 2.90. The van der Waals surface area contributed by atoms with Crippen molar-refractivity contribution in [2.75, 3.05) is 19.8 Å². The summed E-state index contributed by atoms with van der Waals surface area (Å²) >= 11 is 0. The van der Waals surface area contributed by atoms with Crippen LogP contribution in [0, 0.1) is 0 Å². The van der Waals surface area contributed by atoms with E-state index >= 15 is 0 Å². The predicted molar refractivity (Wildman–Crippen MR) is 65.5 cm³/mol. The SMILES string of the molecule is NC(=NO)C1CCCCN1C(=O)NC1CCOC1. The predicted octanol–water partition coefficient (Wildman–Crippen LogP) is 0.0858. The van der Waals surface area contributed by atoms with Crippen molar-refractivity contribution in [2.45, 2.75) is 37.8 Å². The van der Waals surface area contributed by atoms with E-state index in [1.807, 2.05) is 0 Å². The van der Waals surface area contributed by atoms with E-state index in [4.69, 9.17) is 15.7 Å². The number of nitrogens with zero attached hydrogens (tertiary/aromatic N) is 2. The third-order valence-electron chi connectivity index (χ3n) is 3.48. The van der Waals surface area contributed by atoms with Gasteiger partial charge in [-0.3, -0.25) is 0 Å². The molecule has 0 aromatic heterocycles. The molecule has 0 spiro atoms. The molecular weight excluding hydrogens is 236 g/mol. The number of carbonyl (C=O) groups excluding carboxylic acids is 1. The van der Waals surface area contributed by atoms with Gasteiger partial charge in [0.25, 0.3) is 0 Å². The molecule has 18 heavy (non-hydrogen) atoms. The van der Waals surface area contributed by atoms with Crippen LogP contribution < -0.4 is 11.1 Å². The maximum Gasteiger partial charge on any atom is 0.318 e. The number of rotatable bonds is 2. The lowest BCUT2D eigenvalue weighted by Crippen LogP contribution is -2.55. The minimum absolute atomic E-state index is 0.0763. The van der Waals surface area contributed by atoms with Crippen molar-refractivity contribution in [1.29, 1.82) is 0 Å². The largest absolute Gasteiger partial charge is 0.409 e. The van der Waals surface area contributed by atoms with E-state index in [-0.39, 0.29) is 24.0 Å². The number of nitrogens with two attached hydrogens (primary N) is 1. The third kappa shape index (κ3) is 2.84. The van der Waals surface area contributed by atoms with Gasteiger partial charge < -0.3 is 25.9 Å². The molecule has 2 heterocycles. The first-order valence-corrected chi connectivity index (χ1v) is 6.34. The Labute approximate surface area is 106 Å². The summed E-state index contributed by atoms with van der Waals surface area (Å²) in [6.45, 7) is 1.89. The molecular formula is C11H20N4O3. The molecule has 2 rings (SSSR count). The molecule has 0 bridgehead atoms. The smallest absolute Gasteiger partial charge is 0.318 e. The van der Waals surface area contributed by atoms with Crippen LogP contribution >= 0.6 is 0 Å². The minimum Gasteiger partial charge on any atom is -0.409 e. The van der Waals surface area contributed by atoms with Gasteiger partial charge in [-0.2, -0.15) is 0 Å². The van der Waals surface area contributed by atoms with Crippen molar-refractivity contribution < 1.29 is 14.7 Å². The maximum atomic E-state index is 12.2. The molecule has 0 aromatic carbocycles. The molecule has 2 aliphatic heterocycles. The lowest BCUT2D eigenvalue weighted by molar-refractivity contribution is 0.160. The molecule has 0 saturated carbocycles. The highest BCUT2D eigenvalue weighted by Gasteiger charge is 2.31. The zero-order valence-corrected chi connectivity index (χ0v) is 10.3. The van der Waals surface area contributed by atoms with Crippen LogP contribution in [0.25, 0.3) is 0 Å². The van der Waals surface area contributed by atoms with Crippen LogP contribution in [0.2, 0.25) is 0 Å². The second-order valence-electron chi connectivity index (χ2n) is 4.74. The van der Waals surface area contributed by atoms with E-state index in [2.05, 4.69) is 10.5 Å². The number of oxime groups is 1. The van der Waals surface area contributed by atoms with Crippen molar-refractivity contribution >= 4 is 11.9 Å². The summed E-state index contributed by atoms with van der Waals surface area (Å²) in [6.07, 6.45) is 3.51. The Bertz CT molecular complexity index is 328. The molecule has 2 atom stereocenters. The van der Waals surface area contributed by atoms with Gasteiger partial charge in [-0.25, -0.2) is 4.79 Å². The quantitative estimate of drug-likeness (QED) is 0.282. The van der Waals surface area contributed by atoms with Crippen LogP contribution in [0.3, 0.4) is 0 Å². The molecule has 2 amide bonds. The van der Waals surface area contributed by atoms with E-state index in [0.29, 0.717) is 19.8 Å². The van der Waals surface area contributed by atoms with Gasteiger partial charge in [0.1, 0.15) is 0 Å². The van der Waals surface area contributed by atoms with Crippen LogP contribution in [0.5, 0.6) is 0 Å². The normalized spacial score (nSPS) is 29.3. The lowest BCUT2D eigenvalue weighted by Gasteiger charge is -2.35. The van der Waals surface area contributed by atoms with Crippen molar-refractivity contribution in [2.24, 2.45) is 10.9 Å². The summed E-state index contributed by atoms with van der Waals surface area (Å²) in [6, 6.07) is -0.375. The first-order valence-electron chi connectivity index (χ1n) is 6.34. The summed E-state index contributed by atoms with van der Waals surface area (Å²) in [5.74, 6) is 0.104. The Hall–Kier alpha value is -1.50. The number of hydrogen-bond acceptors (Lipinski definition) is 4. The summed E-state index contributed by atoms with van der Waals surface area (Å²) in [5, 5.41) is 14.7. The molecule has 102 valence electrons. The zero-order chi connectivity index (χ0) is 13.0. The lowest BCUT2D eigenvalue weighted by atomic mass is 10.0. The van der Waals surface area contributed by atoms with Crippen molar-refractivity contribution in [3.05, 3.63) is 0 Å². The second kappa shape index (κ2) is 5.90. The highest BCUT2D eigenvalue weighted by molar-refractivity contribution is 5.89. The Morgan fingerprint density at radius 2 is 2.28 bits per heavy atom. The van der Waals surface area contributed by atoms with Gasteiger partial charge >= 0.3 is 6.03 Å². The number of nitrogens with one attached hydrogen (secondary N) is 1. The van der Waals surface area contributed by atoms with Gasteiger partial charge in [-0.05, 0) is 25.7 Å². The number of likely N-dealkylation sites (tertiary alicyclic amines) is 1. The van der Waals surface area contributed by atoms with Crippen LogP contribution in [0.4, 0.5) is 4.79 Å². The summed E-state index contributed by atoms with van der Waals surface area (Å²) in [5.41, 5.74) is 5.64. The second-order valence-corrected chi connectivity index (χ2v) is 4.74. The average molecular weight is 256 g/mol. The molecule has 0 aromatic rings. The molecule has 0 aliphatic carbocycles. The summed E-state index contributed by atoms with van der Waals surface area (Å²) < 4.78 is 5.22. The molecule has 2 fully saturated rings. The summed E-state index contributed by atoms with van der Waals surface area (Å²) in [7, 11) is 0.